The standard InChI is InChI=1S/C18H26N2O6/c1-18(2,3)26-17(25)20-8-6-19(7-9-20)16(24)15(23)11-12-4-5-13(21)14(22)10-12/h4-5,10,15,21-23H,6-9,11H2,1-3H3/t15-/m1/s1. The number of benzene rings is 1. The van der Waals surface area contributed by atoms with E-state index in [0.29, 0.717) is 31.7 Å². The third-order valence-corrected chi connectivity index (χ3v) is 4.00. The van der Waals surface area contributed by atoms with Gasteiger partial charge in [0.05, 0.1) is 0 Å². The van der Waals surface area contributed by atoms with E-state index in [1.165, 1.54) is 23.1 Å². The highest BCUT2D eigenvalue weighted by Gasteiger charge is 2.30. The molecule has 1 aromatic rings. The summed E-state index contributed by atoms with van der Waals surface area (Å²) in [6.07, 6.45) is -1.64. The van der Waals surface area contributed by atoms with Crippen LogP contribution in [0.3, 0.4) is 0 Å². The first-order chi connectivity index (χ1) is 12.1. The lowest BCUT2D eigenvalue weighted by atomic mass is 10.1. The molecule has 0 radical (unpaired) electrons. The van der Waals surface area contributed by atoms with Gasteiger partial charge >= 0.3 is 6.09 Å². The average Bonchev–Trinajstić information content (AvgIpc) is 2.56. The number of phenolic OH excluding ortho intramolecular Hbond substituents is 2. The summed E-state index contributed by atoms with van der Waals surface area (Å²) in [5, 5.41) is 29.0. The Hall–Kier alpha value is -2.48. The quantitative estimate of drug-likeness (QED) is 0.691. The van der Waals surface area contributed by atoms with Crippen molar-refractivity contribution in [3.05, 3.63) is 23.8 Å². The van der Waals surface area contributed by atoms with Gasteiger partial charge in [0.2, 0.25) is 0 Å². The number of hydrogen-bond acceptors (Lipinski definition) is 6. The third kappa shape index (κ3) is 5.26. The van der Waals surface area contributed by atoms with Crippen molar-refractivity contribution in [1.82, 2.24) is 9.80 Å². The molecule has 1 aliphatic heterocycles. The summed E-state index contributed by atoms with van der Waals surface area (Å²) in [6.45, 7) is 6.69. The lowest BCUT2D eigenvalue weighted by Crippen LogP contribution is -2.53. The Morgan fingerprint density at radius 3 is 2.19 bits per heavy atom. The second kappa shape index (κ2) is 7.82. The van der Waals surface area contributed by atoms with Crippen LogP contribution in [0.4, 0.5) is 4.79 Å². The van der Waals surface area contributed by atoms with E-state index in [1.54, 1.807) is 25.7 Å². The highest BCUT2D eigenvalue weighted by atomic mass is 16.6. The Morgan fingerprint density at radius 2 is 1.65 bits per heavy atom. The molecule has 1 fully saturated rings. The Balaban J connectivity index is 1.87. The number of carbonyl (C=O) groups excluding carboxylic acids is 2. The Kier molecular flexibility index (Phi) is 5.97. The van der Waals surface area contributed by atoms with Crippen molar-refractivity contribution in [3.8, 4) is 11.5 Å². The maximum Gasteiger partial charge on any atom is 0.410 e. The minimum Gasteiger partial charge on any atom is -0.504 e. The summed E-state index contributed by atoms with van der Waals surface area (Å²) in [4.78, 5) is 27.5. The smallest absolute Gasteiger partial charge is 0.410 e. The van der Waals surface area contributed by atoms with E-state index in [1.807, 2.05) is 0 Å². The van der Waals surface area contributed by atoms with Gasteiger partial charge in [0.1, 0.15) is 11.7 Å². The summed E-state index contributed by atoms with van der Waals surface area (Å²) in [7, 11) is 0. The molecule has 26 heavy (non-hydrogen) atoms. The predicted molar refractivity (Wildman–Crippen MR) is 93.9 cm³/mol. The molecule has 3 N–H and O–H groups in total. The molecule has 0 saturated carbocycles. The zero-order chi connectivity index (χ0) is 19.5. The van der Waals surface area contributed by atoms with Crippen LogP contribution in [-0.4, -0.2) is 75.0 Å². The minimum atomic E-state index is -1.26. The molecular formula is C18H26N2O6. The van der Waals surface area contributed by atoms with Crippen LogP contribution in [0.15, 0.2) is 18.2 Å². The summed E-state index contributed by atoms with van der Waals surface area (Å²) in [6, 6.07) is 4.15. The molecule has 144 valence electrons. The van der Waals surface area contributed by atoms with Crippen LogP contribution < -0.4 is 0 Å². The summed E-state index contributed by atoms with van der Waals surface area (Å²) < 4.78 is 5.31. The van der Waals surface area contributed by atoms with E-state index in [2.05, 4.69) is 0 Å². The van der Waals surface area contributed by atoms with E-state index in [9.17, 15) is 24.9 Å². The van der Waals surface area contributed by atoms with Gasteiger partial charge in [-0.1, -0.05) is 6.07 Å². The van der Waals surface area contributed by atoms with Crippen LogP contribution in [-0.2, 0) is 16.0 Å². The van der Waals surface area contributed by atoms with Crippen LogP contribution in [0.1, 0.15) is 26.3 Å². The first-order valence-electron chi connectivity index (χ1n) is 8.52. The van der Waals surface area contributed by atoms with Crippen LogP contribution in [0.2, 0.25) is 0 Å². The largest absolute Gasteiger partial charge is 0.504 e. The number of amides is 2. The van der Waals surface area contributed by atoms with Crippen LogP contribution in [0.5, 0.6) is 11.5 Å². The fraction of sp³-hybridized carbons (Fsp3) is 0.556. The summed E-state index contributed by atoms with van der Waals surface area (Å²) >= 11 is 0. The van der Waals surface area contributed by atoms with Crippen molar-refractivity contribution in [2.45, 2.75) is 38.9 Å². The molecule has 1 aromatic carbocycles. The van der Waals surface area contributed by atoms with Crippen molar-refractivity contribution in [1.29, 1.82) is 0 Å². The lowest BCUT2D eigenvalue weighted by molar-refractivity contribution is -0.141. The number of nitrogens with zero attached hydrogens (tertiary/aromatic N) is 2. The maximum atomic E-state index is 12.4. The van der Waals surface area contributed by atoms with Crippen LogP contribution >= 0.6 is 0 Å². The molecule has 0 bridgehead atoms. The normalized spacial score (nSPS) is 16.3. The zero-order valence-corrected chi connectivity index (χ0v) is 15.3. The molecular weight excluding hydrogens is 340 g/mol. The fourth-order valence-electron chi connectivity index (χ4n) is 2.65. The van der Waals surface area contributed by atoms with E-state index in [4.69, 9.17) is 4.74 Å². The van der Waals surface area contributed by atoms with Crippen molar-refractivity contribution in [2.24, 2.45) is 0 Å². The summed E-state index contributed by atoms with van der Waals surface area (Å²) in [5.74, 6) is -0.984. The number of phenols is 2. The van der Waals surface area contributed by atoms with Crippen molar-refractivity contribution in [3.63, 3.8) is 0 Å². The van der Waals surface area contributed by atoms with Gasteiger partial charge in [-0.15, -0.1) is 0 Å². The van der Waals surface area contributed by atoms with Gasteiger partial charge in [0.15, 0.2) is 11.5 Å². The predicted octanol–water partition coefficient (Wildman–Crippen LogP) is 1.08. The average molecular weight is 366 g/mol. The van der Waals surface area contributed by atoms with E-state index >= 15 is 0 Å². The monoisotopic (exact) mass is 366 g/mol. The molecule has 2 amide bonds. The molecule has 0 aromatic heterocycles. The fourth-order valence-corrected chi connectivity index (χ4v) is 2.65. The Bertz CT molecular complexity index is 662. The van der Waals surface area contributed by atoms with Gasteiger partial charge < -0.3 is 29.9 Å². The van der Waals surface area contributed by atoms with Gasteiger partial charge in [-0.25, -0.2) is 4.79 Å². The van der Waals surface area contributed by atoms with Gasteiger partial charge in [-0.05, 0) is 38.5 Å². The molecule has 0 aliphatic carbocycles. The number of rotatable bonds is 3. The lowest BCUT2D eigenvalue weighted by Gasteiger charge is -2.36. The zero-order valence-electron chi connectivity index (χ0n) is 15.3. The van der Waals surface area contributed by atoms with Crippen LogP contribution in [0.25, 0.3) is 0 Å². The molecule has 2 rings (SSSR count). The topological polar surface area (TPSA) is 111 Å². The number of aromatic hydroxyl groups is 2. The van der Waals surface area contributed by atoms with E-state index in [0.717, 1.165) is 0 Å². The first kappa shape index (κ1) is 19.8. The number of hydrogen-bond donors (Lipinski definition) is 3. The van der Waals surface area contributed by atoms with Gasteiger partial charge in [0, 0.05) is 32.6 Å². The number of aliphatic hydroxyl groups excluding tert-OH is 1. The Labute approximate surface area is 152 Å². The molecule has 8 nitrogen and oxygen atoms in total. The van der Waals surface area contributed by atoms with Crippen molar-refractivity contribution < 1.29 is 29.6 Å². The third-order valence-electron chi connectivity index (χ3n) is 4.00. The SMILES string of the molecule is CC(C)(C)OC(=O)N1CCN(C(=O)[C@H](O)Cc2ccc(O)c(O)c2)CC1. The maximum absolute atomic E-state index is 12.4. The molecule has 1 saturated heterocycles. The van der Waals surface area contributed by atoms with Crippen molar-refractivity contribution >= 4 is 12.0 Å². The molecule has 8 heteroatoms. The van der Waals surface area contributed by atoms with Gasteiger partial charge in [-0.3, -0.25) is 4.79 Å². The van der Waals surface area contributed by atoms with Gasteiger partial charge in [0.25, 0.3) is 5.91 Å². The Morgan fingerprint density at radius 1 is 1.08 bits per heavy atom. The molecule has 0 unspecified atom stereocenters. The molecule has 1 heterocycles. The first-order valence-corrected chi connectivity index (χ1v) is 8.52. The highest BCUT2D eigenvalue weighted by molar-refractivity contribution is 5.81. The highest BCUT2D eigenvalue weighted by Crippen LogP contribution is 2.25. The molecule has 0 spiro atoms. The molecule has 1 atom stereocenters. The number of carbonyl (C=O) groups is 2. The van der Waals surface area contributed by atoms with Gasteiger partial charge in [-0.2, -0.15) is 0 Å². The minimum absolute atomic E-state index is 0.0267. The van der Waals surface area contributed by atoms with E-state index < -0.39 is 23.7 Å². The summed E-state index contributed by atoms with van der Waals surface area (Å²) in [5.41, 5.74) is -0.0378. The number of aliphatic hydroxyl groups is 1. The molecule has 1 aliphatic rings. The second-order valence-electron chi connectivity index (χ2n) is 7.34. The van der Waals surface area contributed by atoms with Crippen LogP contribution in [0, 0.1) is 0 Å². The number of piperazine rings is 1. The number of ether oxygens (including phenoxy) is 1. The second-order valence-corrected chi connectivity index (χ2v) is 7.34. The van der Waals surface area contributed by atoms with Crippen molar-refractivity contribution in [2.75, 3.05) is 26.2 Å². The van der Waals surface area contributed by atoms with E-state index in [-0.39, 0.29) is 17.9 Å².